The molecule has 0 aliphatic heterocycles. The average Bonchev–Trinajstić information content (AvgIpc) is 3.12. The molecule has 0 radical (unpaired) electrons. The summed E-state index contributed by atoms with van der Waals surface area (Å²) in [5.41, 5.74) is 5.32. The molecule has 0 fully saturated rings. The molecule has 0 saturated carbocycles. The van der Waals surface area contributed by atoms with Gasteiger partial charge >= 0.3 is 25.7 Å². The van der Waals surface area contributed by atoms with E-state index in [0.717, 1.165) is 89.9 Å². The summed E-state index contributed by atoms with van der Waals surface area (Å²) < 4.78 is 32.6. The Labute approximate surface area is 314 Å². The number of unbranched alkanes of at least 4 members (excludes halogenated alkanes) is 14. The van der Waals surface area contributed by atoms with Gasteiger partial charge in [-0.3, -0.25) is 23.4 Å². The minimum absolute atomic E-state index is 0.139. The van der Waals surface area contributed by atoms with E-state index in [9.17, 15) is 23.8 Å². The zero-order chi connectivity index (χ0) is 38.5. The fraction of sp³-hybridized carbons (Fsp3) is 0.725. The standard InChI is InChI=1S/C40H70NO10P/c1-3-5-7-9-11-13-15-17-18-20-22-24-26-28-30-32-39(43)51-36(34-49-52(46,47)50-35-37(41)40(44)45)33-48-38(42)31-29-27-25-23-21-19-16-14-12-10-8-6-4-2/h5,7,11,13-14,16-18,36-37H,3-4,6,8-10,12,15,19-35,41H2,1-2H3,(H,44,45)(H,46,47)/b7-5-,13-11-,16-14-,18-17-/t36-,37+/m1/s1. The van der Waals surface area contributed by atoms with E-state index in [2.05, 4.69) is 67.0 Å². The van der Waals surface area contributed by atoms with Gasteiger partial charge in [-0.25, -0.2) is 4.57 Å². The Morgan fingerprint density at radius 2 is 1.08 bits per heavy atom. The van der Waals surface area contributed by atoms with Crippen LogP contribution >= 0.6 is 7.82 Å². The van der Waals surface area contributed by atoms with Crippen molar-refractivity contribution in [3.63, 3.8) is 0 Å². The van der Waals surface area contributed by atoms with Gasteiger partial charge in [0.05, 0.1) is 13.2 Å². The third kappa shape index (κ3) is 34.5. The van der Waals surface area contributed by atoms with Crippen molar-refractivity contribution in [2.24, 2.45) is 5.73 Å². The number of carboxylic acid groups (broad SMARTS) is 1. The van der Waals surface area contributed by atoms with E-state index in [1.165, 1.54) is 25.7 Å². The van der Waals surface area contributed by atoms with Crippen molar-refractivity contribution in [3.8, 4) is 0 Å². The maximum absolute atomic E-state index is 12.6. The number of hydrogen-bond donors (Lipinski definition) is 3. The van der Waals surface area contributed by atoms with Gasteiger partial charge in [0, 0.05) is 12.8 Å². The maximum Gasteiger partial charge on any atom is 0.472 e. The van der Waals surface area contributed by atoms with Crippen LogP contribution < -0.4 is 5.73 Å². The van der Waals surface area contributed by atoms with Crippen LogP contribution in [0.3, 0.4) is 0 Å². The number of carboxylic acids is 1. The lowest BCUT2D eigenvalue weighted by Gasteiger charge is -2.20. The lowest BCUT2D eigenvalue weighted by atomic mass is 10.1. The number of hydrogen-bond acceptors (Lipinski definition) is 9. The number of ether oxygens (including phenoxy) is 2. The summed E-state index contributed by atoms with van der Waals surface area (Å²) in [6.07, 6.45) is 37.5. The van der Waals surface area contributed by atoms with Gasteiger partial charge in [-0.05, 0) is 70.6 Å². The highest BCUT2D eigenvalue weighted by molar-refractivity contribution is 7.47. The number of nitrogens with two attached hydrogens (primary N) is 1. The second kappa shape index (κ2) is 35.5. The number of phosphoric acid groups is 1. The topological polar surface area (TPSA) is 172 Å². The summed E-state index contributed by atoms with van der Waals surface area (Å²) >= 11 is 0. The number of aliphatic carboxylic acids is 1. The number of allylic oxidation sites excluding steroid dienone is 8. The van der Waals surface area contributed by atoms with E-state index in [1.54, 1.807) is 0 Å². The predicted molar refractivity (Wildman–Crippen MR) is 208 cm³/mol. The molecule has 3 atom stereocenters. The molecule has 0 aromatic rings. The minimum Gasteiger partial charge on any atom is -0.480 e. The number of rotatable bonds is 36. The fourth-order valence-corrected chi connectivity index (χ4v) is 5.73. The monoisotopic (exact) mass is 755 g/mol. The van der Waals surface area contributed by atoms with Crippen LogP contribution in [-0.4, -0.2) is 59.9 Å². The lowest BCUT2D eigenvalue weighted by Crippen LogP contribution is -2.34. The highest BCUT2D eigenvalue weighted by Crippen LogP contribution is 2.43. The van der Waals surface area contributed by atoms with Crippen LogP contribution in [0.25, 0.3) is 0 Å². The van der Waals surface area contributed by atoms with E-state index in [0.29, 0.717) is 12.8 Å². The molecule has 0 spiro atoms. The molecule has 0 aliphatic carbocycles. The smallest absolute Gasteiger partial charge is 0.472 e. The molecule has 12 heteroatoms. The highest BCUT2D eigenvalue weighted by Gasteiger charge is 2.28. The molecular weight excluding hydrogens is 685 g/mol. The molecule has 0 heterocycles. The van der Waals surface area contributed by atoms with Crippen molar-refractivity contribution in [1.82, 2.24) is 0 Å². The average molecular weight is 756 g/mol. The van der Waals surface area contributed by atoms with E-state index >= 15 is 0 Å². The summed E-state index contributed by atoms with van der Waals surface area (Å²) in [4.78, 5) is 45.8. The van der Waals surface area contributed by atoms with Crippen LogP contribution in [-0.2, 0) is 37.5 Å². The van der Waals surface area contributed by atoms with Crippen LogP contribution in [0.4, 0.5) is 0 Å². The maximum atomic E-state index is 12.6. The zero-order valence-electron chi connectivity index (χ0n) is 32.1. The first-order valence-electron chi connectivity index (χ1n) is 19.7. The van der Waals surface area contributed by atoms with Crippen LogP contribution in [0.1, 0.15) is 155 Å². The molecule has 1 unspecified atom stereocenters. The highest BCUT2D eigenvalue weighted by atomic mass is 31.2. The molecule has 0 amide bonds. The van der Waals surface area contributed by atoms with E-state index in [1.807, 2.05) is 0 Å². The first-order chi connectivity index (χ1) is 25.1. The Morgan fingerprint density at radius 1 is 0.615 bits per heavy atom. The Bertz CT molecular complexity index is 1070. The second-order valence-electron chi connectivity index (χ2n) is 13.0. The van der Waals surface area contributed by atoms with Gasteiger partial charge in [-0.15, -0.1) is 0 Å². The summed E-state index contributed by atoms with van der Waals surface area (Å²) in [5.74, 6) is -2.42. The van der Waals surface area contributed by atoms with Crippen molar-refractivity contribution in [2.45, 2.75) is 167 Å². The molecule has 0 aliphatic rings. The molecule has 0 aromatic heterocycles. The van der Waals surface area contributed by atoms with Crippen molar-refractivity contribution in [1.29, 1.82) is 0 Å². The van der Waals surface area contributed by atoms with E-state index in [-0.39, 0.29) is 19.4 Å². The van der Waals surface area contributed by atoms with Gasteiger partial charge in [-0.2, -0.15) is 0 Å². The van der Waals surface area contributed by atoms with Crippen molar-refractivity contribution >= 4 is 25.7 Å². The Kier molecular flexibility index (Phi) is 33.7. The van der Waals surface area contributed by atoms with E-state index in [4.69, 9.17) is 24.8 Å². The number of carbonyl (C=O) groups excluding carboxylic acids is 2. The molecule has 0 saturated heterocycles. The molecule has 11 nitrogen and oxygen atoms in total. The molecule has 4 N–H and O–H groups in total. The first kappa shape index (κ1) is 49.4. The molecule has 0 bridgehead atoms. The van der Waals surface area contributed by atoms with Crippen molar-refractivity contribution < 1.29 is 47.5 Å². The van der Waals surface area contributed by atoms with Gasteiger partial charge in [0.2, 0.25) is 0 Å². The summed E-state index contributed by atoms with van der Waals surface area (Å²) in [7, 11) is -4.72. The van der Waals surface area contributed by atoms with Gasteiger partial charge < -0.3 is 25.2 Å². The van der Waals surface area contributed by atoms with Crippen molar-refractivity contribution in [3.05, 3.63) is 48.6 Å². The lowest BCUT2D eigenvalue weighted by molar-refractivity contribution is -0.161. The fourth-order valence-electron chi connectivity index (χ4n) is 4.95. The Morgan fingerprint density at radius 3 is 1.63 bits per heavy atom. The van der Waals surface area contributed by atoms with Crippen LogP contribution in [0.2, 0.25) is 0 Å². The predicted octanol–water partition coefficient (Wildman–Crippen LogP) is 9.83. The Balaban J connectivity index is 4.48. The zero-order valence-corrected chi connectivity index (χ0v) is 33.0. The quantitative estimate of drug-likeness (QED) is 0.0241. The van der Waals surface area contributed by atoms with E-state index < -0.39 is 51.1 Å². The van der Waals surface area contributed by atoms with Gasteiger partial charge in [0.1, 0.15) is 12.6 Å². The second-order valence-corrected chi connectivity index (χ2v) is 14.5. The SMILES string of the molecule is CC/C=C\C/C=C\C/C=C\CCCCCCCC(=O)O[C@H](COC(=O)CCCCCCC/C=C\CCCCCC)COP(=O)(O)OC[C@H](N)C(=O)O. The number of phosphoric ester groups is 1. The van der Waals surface area contributed by atoms with Crippen LogP contribution in [0.15, 0.2) is 48.6 Å². The van der Waals surface area contributed by atoms with Crippen LogP contribution in [0.5, 0.6) is 0 Å². The molecule has 52 heavy (non-hydrogen) atoms. The molecule has 300 valence electrons. The summed E-state index contributed by atoms with van der Waals surface area (Å²) in [6, 6.07) is -1.53. The molecule has 0 aromatic carbocycles. The third-order valence-corrected chi connectivity index (χ3v) is 9.01. The third-order valence-electron chi connectivity index (χ3n) is 8.06. The normalized spacial score (nSPS) is 14.4. The largest absolute Gasteiger partial charge is 0.480 e. The van der Waals surface area contributed by atoms with Crippen LogP contribution in [0, 0.1) is 0 Å². The van der Waals surface area contributed by atoms with Gasteiger partial charge in [-0.1, -0.05) is 120 Å². The van der Waals surface area contributed by atoms with Gasteiger partial charge in [0.25, 0.3) is 0 Å². The summed E-state index contributed by atoms with van der Waals surface area (Å²) in [6.45, 7) is 2.62. The first-order valence-corrected chi connectivity index (χ1v) is 21.2. The minimum atomic E-state index is -4.72. The number of carbonyl (C=O) groups is 3. The summed E-state index contributed by atoms with van der Waals surface area (Å²) in [5, 5.41) is 8.86. The molecule has 0 rings (SSSR count). The number of esters is 2. The Hall–Kier alpha value is -2.56. The van der Waals surface area contributed by atoms with Gasteiger partial charge in [0.15, 0.2) is 6.10 Å². The van der Waals surface area contributed by atoms with Crippen molar-refractivity contribution in [2.75, 3.05) is 19.8 Å². The molecular formula is C40H70NO10P.